The Morgan fingerprint density at radius 1 is 1.62 bits per heavy atom. The van der Waals surface area contributed by atoms with Gasteiger partial charge >= 0.3 is 0 Å². The van der Waals surface area contributed by atoms with Crippen LogP contribution in [0.5, 0.6) is 0 Å². The monoisotopic (exact) mass is 239 g/mol. The molecule has 4 heteroatoms. The Labute approximate surface area is 99.7 Å². The molecule has 1 N–H and O–H groups in total. The molecule has 1 heterocycles. The van der Waals surface area contributed by atoms with Gasteiger partial charge in [0.05, 0.1) is 18.6 Å². The van der Waals surface area contributed by atoms with Gasteiger partial charge in [-0.05, 0) is 24.3 Å². The average Bonchev–Trinajstić information content (AvgIpc) is 2.69. The molecule has 1 saturated carbocycles. The second-order valence-corrected chi connectivity index (χ2v) is 5.56. The van der Waals surface area contributed by atoms with Crippen LogP contribution in [-0.2, 0) is 11.3 Å². The van der Waals surface area contributed by atoms with Crippen molar-refractivity contribution in [3.63, 3.8) is 0 Å². The Morgan fingerprint density at radius 2 is 2.38 bits per heavy atom. The van der Waals surface area contributed by atoms with Gasteiger partial charge in [-0.15, -0.1) is 11.3 Å². The number of amides is 1. The molecule has 2 rings (SSSR count). The minimum Gasteiger partial charge on any atom is -0.395 e. The van der Waals surface area contributed by atoms with Crippen LogP contribution < -0.4 is 0 Å². The smallest absolute Gasteiger partial charge is 0.231 e. The van der Waals surface area contributed by atoms with Gasteiger partial charge in [0, 0.05) is 11.9 Å². The third kappa shape index (κ3) is 1.99. The lowest BCUT2D eigenvalue weighted by atomic mass is 9.68. The van der Waals surface area contributed by atoms with E-state index in [1.54, 1.807) is 16.2 Å². The normalized spacial score (nSPS) is 17.9. The van der Waals surface area contributed by atoms with E-state index in [-0.39, 0.29) is 12.5 Å². The number of hydrogen-bond acceptors (Lipinski definition) is 3. The van der Waals surface area contributed by atoms with E-state index in [0.29, 0.717) is 6.54 Å². The van der Waals surface area contributed by atoms with Crippen molar-refractivity contribution in [1.82, 2.24) is 4.90 Å². The molecule has 0 saturated heterocycles. The number of carbonyl (C=O) groups is 1. The second-order valence-electron chi connectivity index (χ2n) is 4.53. The van der Waals surface area contributed by atoms with E-state index >= 15 is 0 Å². The molecule has 0 aromatic carbocycles. The molecule has 1 aliphatic carbocycles. The molecule has 1 aliphatic rings. The summed E-state index contributed by atoms with van der Waals surface area (Å²) in [5.41, 5.74) is -0.466. The quantitative estimate of drug-likeness (QED) is 0.871. The van der Waals surface area contributed by atoms with Crippen LogP contribution in [0.15, 0.2) is 17.5 Å². The molecule has 1 aromatic heterocycles. The maximum absolute atomic E-state index is 12.2. The number of nitrogens with zero attached hydrogens (tertiary/aromatic N) is 1. The maximum atomic E-state index is 12.2. The molecule has 0 atom stereocenters. The Balaban J connectivity index is 1.99. The van der Waals surface area contributed by atoms with Crippen LogP contribution in [0.4, 0.5) is 0 Å². The zero-order valence-corrected chi connectivity index (χ0v) is 10.3. The largest absolute Gasteiger partial charge is 0.395 e. The van der Waals surface area contributed by atoms with Crippen molar-refractivity contribution in [1.29, 1.82) is 0 Å². The first-order valence-corrected chi connectivity index (χ1v) is 6.45. The highest BCUT2D eigenvalue weighted by Gasteiger charge is 2.44. The van der Waals surface area contributed by atoms with Gasteiger partial charge in [-0.1, -0.05) is 12.5 Å². The van der Waals surface area contributed by atoms with E-state index in [1.165, 1.54) is 4.88 Å². The third-order valence-corrected chi connectivity index (χ3v) is 4.25. The fourth-order valence-corrected chi connectivity index (χ4v) is 2.91. The highest BCUT2D eigenvalue weighted by molar-refractivity contribution is 7.09. The molecular weight excluding hydrogens is 222 g/mol. The number of aliphatic hydroxyl groups is 1. The number of aliphatic hydroxyl groups excluding tert-OH is 1. The summed E-state index contributed by atoms with van der Waals surface area (Å²) >= 11 is 1.66. The summed E-state index contributed by atoms with van der Waals surface area (Å²) < 4.78 is 0. The summed E-state index contributed by atoms with van der Waals surface area (Å²) in [7, 11) is 1.82. The Morgan fingerprint density at radius 3 is 2.81 bits per heavy atom. The van der Waals surface area contributed by atoms with E-state index < -0.39 is 5.41 Å². The zero-order valence-electron chi connectivity index (χ0n) is 9.48. The summed E-state index contributed by atoms with van der Waals surface area (Å²) in [5.74, 6) is 0.0923. The minimum atomic E-state index is -0.466. The lowest BCUT2D eigenvalue weighted by Crippen LogP contribution is -2.48. The van der Waals surface area contributed by atoms with Crippen molar-refractivity contribution in [3.05, 3.63) is 22.4 Å². The van der Waals surface area contributed by atoms with E-state index in [4.69, 9.17) is 0 Å². The predicted octanol–water partition coefficient (Wildman–Crippen LogP) is 1.87. The van der Waals surface area contributed by atoms with E-state index in [9.17, 15) is 9.90 Å². The molecular formula is C12H17NO2S. The lowest BCUT2D eigenvalue weighted by Gasteiger charge is -2.41. The molecule has 88 valence electrons. The van der Waals surface area contributed by atoms with Crippen molar-refractivity contribution >= 4 is 17.2 Å². The van der Waals surface area contributed by atoms with Gasteiger partial charge in [0.2, 0.25) is 5.91 Å². The van der Waals surface area contributed by atoms with Gasteiger partial charge in [0.15, 0.2) is 0 Å². The van der Waals surface area contributed by atoms with Gasteiger partial charge in [0.1, 0.15) is 0 Å². The van der Waals surface area contributed by atoms with Crippen LogP contribution >= 0.6 is 11.3 Å². The highest BCUT2D eigenvalue weighted by Crippen LogP contribution is 2.42. The summed E-state index contributed by atoms with van der Waals surface area (Å²) in [4.78, 5) is 15.1. The number of rotatable bonds is 4. The molecule has 1 amide bonds. The molecule has 1 fully saturated rings. The lowest BCUT2D eigenvalue weighted by molar-refractivity contribution is -0.150. The van der Waals surface area contributed by atoms with Crippen LogP contribution in [0.2, 0.25) is 0 Å². The number of carbonyl (C=O) groups excluding carboxylic acids is 1. The van der Waals surface area contributed by atoms with E-state index in [2.05, 4.69) is 0 Å². The molecule has 0 bridgehead atoms. The van der Waals surface area contributed by atoms with Crippen LogP contribution in [0.1, 0.15) is 24.1 Å². The van der Waals surface area contributed by atoms with E-state index in [1.807, 2.05) is 24.6 Å². The first kappa shape index (κ1) is 11.6. The minimum absolute atomic E-state index is 0.0133. The van der Waals surface area contributed by atoms with Gasteiger partial charge in [-0.2, -0.15) is 0 Å². The second kappa shape index (κ2) is 4.55. The molecule has 16 heavy (non-hydrogen) atoms. The highest BCUT2D eigenvalue weighted by atomic mass is 32.1. The van der Waals surface area contributed by atoms with Gasteiger partial charge in [0.25, 0.3) is 0 Å². The Bertz CT molecular complexity index is 352. The number of thiophene rings is 1. The zero-order chi connectivity index (χ0) is 11.6. The molecule has 0 unspecified atom stereocenters. The van der Waals surface area contributed by atoms with Gasteiger partial charge < -0.3 is 10.0 Å². The third-order valence-electron chi connectivity index (χ3n) is 3.39. The fourth-order valence-electron chi connectivity index (χ4n) is 2.16. The first-order valence-electron chi connectivity index (χ1n) is 5.57. The van der Waals surface area contributed by atoms with Crippen molar-refractivity contribution in [3.8, 4) is 0 Å². The van der Waals surface area contributed by atoms with Crippen molar-refractivity contribution < 1.29 is 9.90 Å². The first-order chi connectivity index (χ1) is 7.68. The maximum Gasteiger partial charge on any atom is 0.231 e. The van der Waals surface area contributed by atoms with Gasteiger partial charge in [-0.25, -0.2) is 0 Å². The summed E-state index contributed by atoms with van der Waals surface area (Å²) in [6.45, 7) is 0.638. The molecule has 0 aliphatic heterocycles. The topological polar surface area (TPSA) is 40.5 Å². The van der Waals surface area contributed by atoms with Crippen LogP contribution in [0.3, 0.4) is 0 Å². The van der Waals surface area contributed by atoms with Crippen LogP contribution in [-0.4, -0.2) is 29.6 Å². The average molecular weight is 239 g/mol. The summed E-state index contributed by atoms with van der Waals surface area (Å²) in [6.07, 6.45) is 2.72. The summed E-state index contributed by atoms with van der Waals surface area (Å²) in [6, 6.07) is 4.02. The van der Waals surface area contributed by atoms with Crippen molar-refractivity contribution in [2.24, 2.45) is 5.41 Å². The van der Waals surface area contributed by atoms with Crippen molar-refractivity contribution in [2.75, 3.05) is 13.7 Å². The SMILES string of the molecule is CN(Cc1cccs1)C(=O)C1(CO)CCC1. The Kier molecular flexibility index (Phi) is 3.30. The molecule has 0 radical (unpaired) electrons. The standard InChI is InChI=1S/C12H17NO2S/c1-13(8-10-4-2-7-16-10)11(15)12(9-14)5-3-6-12/h2,4,7,14H,3,5-6,8-9H2,1H3. The molecule has 0 spiro atoms. The Hall–Kier alpha value is -0.870. The molecule has 3 nitrogen and oxygen atoms in total. The van der Waals surface area contributed by atoms with Crippen LogP contribution in [0, 0.1) is 5.41 Å². The van der Waals surface area contributed by atoms with Gasteiger partial charge in [-0.3, -0.25) is 4.79 Å². The van der Waals surface area contributed by atoms with Crippen LogP contribution in [0.25, 0.3) is 0 Å². The fraction of sp³-hybridized carbons (Fsp3) is 0.583. The molecule has 1 aromatic rings. The predicted molar refractivity (Wildman–Crippen MR) is 64.2 cm³/mol. The van der Waals surface area contributed by atoms with Crippen molar-refractivity contribution in [2.45, 2.75) is 25.8 Å². The number of hydrogen-bond donors (Lipinski definition) is 1. The summed E-state index contributed by atoms with van der Waals surface area (Å²) in [5, 5.41) is 11.3. The van der Waals surface area contributed by atoms with E-state index in [0.717, 1.165) is 19.3 Å².